The van der Waals surface area contributed by atoms with Crippen LogP contribution in [0.1, 0.15) is 40.5 Å². The Morgan fingerprint density at radius 1 is 1.23 bits per heavy atom. The van der Waals surface area contributed by atoms with Crippen LogP contribution in [0.15, 0.2) is 23.8 Å². The van der Waals surface area contributed by atoms with Gasteiger partial charge in [0.25, 0.3) is 0 Å². The molecule has 0 aromatic rings. The zero-order valence-corrected chi connectivity index (χ0v) is 18.6. The normalized spacial score (nSPS) is 53.3. The number of hydrogen-bond acceptors (Lipinski definition) is 6. The van der Waals surface area contributed by atoms with Crippen LogP contribution in [0.2, 0.25) is 0 Å². The second kappa shape index (κ2) is 7.73. The van der Waals surface area contributed by atoms with Gasteiger partial charge in [0.15, 0.2) is 6.10 Å². The van der Waals surface area contributed by atoms with Crippen molar-refractivity contribution in [1.82, 2.24) is 0 Å². The van der Waals surface area contributed by atoms with Crippen molar-refractivity contribution in [3.05, 3.63) is 23.8 Å². The van der Waals surface area contributed by atoms with Crippen LogP contribution >= 0.6 is 0 Å². The lowest BCUT2D eigenvalue weighted by Crippen LogP contribution is -2.52. The highest BCUT2D eigenvalue weighted by molar-refractivity contribution is 5.75. The van der Waals surface area contributed by atoms with Crippen molar-refractivity contribution in [1.29, 1.82) is 0 Å². The zero-order chi connectivity index (χ0) is 22.0. The second-order valence-corrected chi connectivity index (χ2v) is 10.2. The van der Waals surface area contributed by atoms with Gasteiger partial charge in [-0.15, -0.1) is 0 Å². The minimum absolute atomic E-state index is 0.0000463. The Bertz CT molecular complexity index is 744. The van der Waals surface area contributed by atoms with Crippen molar-refractivity contribution in [3.8, 4) is 0 Å². The van der Waals surface area contributed by atoms with Crippen molar-refractivity contribution in [2.75, 3.05) is 7.11 Å². The molecule has 0 radical (unpaired) electrons. The van der Waals surface area contributed by atoms with E-state index in [2.05, 4.69) is 25.2 Å². The largest absolute Gasteiger partial charge is 0.457 e. The van der Waals surface area contributed by atoms with Crippen molar-refractivity contribution >= 4 is 5.97 Å². The summed E-state index contributed by atoms with van der Waals surface area (Å²) in [6.07, 6.45) is 4.30. The molecule has 0 unspecified atom stereocenters. The van der Waals surface area contributed by atoms with Gasteiger partial charge in [-0.3, -0.25) is 0 Å². The van der Waals surface area contributed by atoms with Crippen molar-refractivity contribution < 1.29 is 29.6 Å². The van der Waals surface area contributed by atoms with E-state index in [9.17, 15) is 20.1 Å². The summed E-state index contributed by atoms with van der Waals surface area (Å²) in [5.41, 5.74) is 0.807. The zero-order valence-electron chi connectivity index (χ0n) is 18.6. The molecular formula is C24H36O6. The Balaban J connectivity index is 1.86. The van der Waals surface area contributed by atoms with Gasteiger partial charge in [0.2, 0.25) is 0 Å². The molecule has 3 N–H and O–H groups in total. The number of carbonyl (C=O) groups is 1. The van der Waals surface area contributed by atoms with E-state index < -0.39 is 36.5 Å². The fourth-order valence-corrected chi connectivity index (χ4v) is 7.19. The average molecular weight is 421 g/mol. The summed E-state index contributed by atoms with van der Waals surface area (Å²) >= 11 is 0. The molecule has 3 aliphatic carbocycles. The smallest absolute Gasteiger partial charge is 0.335 e. The standard InChI is InChI=1S/C24H36O6/c1-11-8-12(2)24-10-17-16(19(24)21(27)13(3)20(17)26)7-6-15(24)9-18(29-5)23(28)30-22(11)14(4)25/h6-8,11,13-22,25-27H,9-10H2,1-5H3/b12-8+/t11-,13+,14-,15-,16+,17-,18+,19+,20-,21-,22+,24-/m1/s1. The molecule has 168 valence electrons. The number of cyclic esters (lactones) is 1. The maximum atomic E-state index is 12.9. The molecule has 0 aromatic heterocycles. The molecule has 0 saturated heterocycles. The Morgan fingerprint density at radius 2 is 1.93 bits per heavy atom. The summed E-state index contributed by atoms with van der Waals surface area (Å²) in [6, 6.07) is 0. The van der Waals surface area contributed by atoms with E-state index >= 15 is 0 Å². The molecule has 6 heteroatoms. The number of aliphatic hydroxyl groups excluding tert-OH is 3. The third-order valence-corrected chi connectivity index (χ3v) is 8.70. The summed E-state index contributed by atoms with van der Waals surface area (Å²) in [5.74, 6) is -0.608. The van der Waals surface area contributed by atoms with Crippen LogP contribution in [0.25, 0.3) is 0 Å². The topological polar surface area (TPSA) is 96.2 Å². The second-order valence-electron chi connectivity index (χ2n) is 10.2. The lowest BCUT2D eigenvalue weighted by Gasteiger charge is -2.51. The van der Waals surface area contributed by atoms with Gasteiger partial charge in [-0.25, -0.2) is 4.79 Å². The van der Waals surface area contributed by atoms with Gasteiger partial charge in [0, 0.05) is 30.3 Å². The molecule has 0 amide bonds. The molecule has 1 heterocycles. The molecule has 2 saturated carbocycles. The van der Waals surface area contributed by atoms with E-state index in [1.54, 1.807) is 6.92 Å². The van der Waals surface area contributed by atoms with Gasteiger partial charge in [0.1, 0.15) is 6.10 Å². The van der Waals surface area contributed by atoms with Crippen LogP contribution < -0.4 is 0 Å². The molecule has 4 bridgehead atoms. The number of allylic oxidation sites excluding steroid dienone is 3. The van der Waals surface area contributed by atoms with Crippen molar-refractivity contribution in [2.45, 2.75) is 71.1 Å². The van der Waals surface area contributed by atoms with Crippen molar-refractivity contribution in [2.24, 2.45) is 40.9 Å². The minimum Gasteiger partial charge on any atom is -0.457 e. The summed E-state index contributed by atoms with van der Waals surface area (Å²) in [5, 5.41) is 32.5. The molecule has 6 nitrogen and oxygen atoms in total. The van der Waals surface area contributed by atoms with E-state index in [0.717, 1.165) is 12.0 Å². The van der Waals surface area contributed by atoms with E-state index in [1.165, 1.54) is 7.11 Å². The van der Waals surface area contributed by atoms with Gasteiger partial charge >= 0.3 is 5.97 Å². The quantitative estimate of drug-likeness (QED) is 0.468. The fourth-order valence-electron chi connectivity index (χ4n) is 7.19. The molecule has 4 aliphatic rings. The van der Waals surface area contributed by atoms with Crippen LogP contribution in [-0.2, 0) is 14.3 Å². The van der Waals surface area contributed by atoms with Crippen LogP contribution in [0.5, 0.6) is 0 Å². The first-order valence-corrected chi connectivity index (χ1v) is 11.3. The summed E-state index contributed by atoms with van der Waals surface area (Å²) < 4.78 is 11.2. The Hall–Kier alpha value is -1.21. The number of ether oxygens (including phenoxy) is 2. The molecule has 12 atom stereocenters. The van der Waals surface area contributed by atoms with Crippen molar-refractivity contribution in [3.63, 3.8) is 0 Å². The monoisotopic (exact) mass is 420 g/mol. The summed E-state index contributed by atoms with van der Waals surface area (Å²) in [7, 11) is 1.51. The summed E-state index contributed by atoms with van der Waals surface area (Å²) in [6.45, 7) is 7.63. The van der Waals surface area contributed by atoms with Crippen LogP contribution in [0.3, 0.4) is 0 Å². The number of aliphatic hydroxyl groups is 3. The first-order valence-electron chi connectivity index (χ1n) is 11.3. The van der Waals surface area contributed by atoms with Crippen LogP contribution in [0, 0.1) is 40.9 Å². The highest BCUT2D eigenvalue weighted by Gasteiger charge is 2.66. The van der Waals surface area contributed by atoms with E-state index in [0.29, 0.717) is 6.42 Å². The molecule has 0 aromatic carbocycles. The lowest BCUT2D eigenvalue weighted by molar-refractivity contribution is -0.170. The number of methoxy groups -OCH3 is 1. The van der Waals surface area contributed by atoms with Gasteiger partial charge in [0.05, 0.1) is 18.3 Å². The Labute approximate surface area is 179 Å². The van der Waals surface area contributed by atoms with Gasteiger partial charge in [-0.1, -0.05) is 37.6 Å². The predicted molar refractivity (Wildman–Crippen MR) is 111 cm³/mol. The highest BCUT2D eigenvalue weighted by atomic mass is 16.6. The van der Waals surface area contributed by atoms with E-state index in [4.69, 9.17) is 9.47 Å². The Morgan fingerprint density at radius 3 is 2.57 bits per heavy atom. The van der Waals surface area contributed by atoms with E-state index in [-0.39, 0.29) is 40.9 Å². The SMILES string of the molecule is CO[C@H]1C[C@H]2C=C[C@H]3[C@H]4C[C@]2(/C(C)=C/[C@@H](C)[C@@H]([C@@H](C)O)OC1=O)[C@@H]3[C@H](O)[C@@H](C)[C@H]4O. The number of rotatable bonds is 2. The molecule has 1 spiro atoms. The van der Waals surface area contributed by atoms with Gasteiger partial charge in [-0.05, 0) is 44.4 Å². The first-order chi connectivity index (χ1) is 14.1. The van der Waals surface area contributed by atoms with E-state index in [1.807, 2.05) is 13.8 Å². The number of hydrogen-bond donors (Lipinski definition) is 3. The molecule has 2 fully saturated rings. The van der Waals surface area contributed by atoms with Gasteiger partial charge < -0.3 is 24.8 Å². The molecular weight excluding hydrogens is 384 g/mol. The van der Waals surface area contributed by atoms with Gasteiger partial charge in [-0.2, -0.15) is 0 Å². The highest BCUT2D eigenvalue weighted by Crippen LogP contribution is 2.67. The third-order valence-electron chi connectivity index (χ3n) is 8.70. The summed E-state index contributed by atoms with van der Waals surface area (Å²) in [4.78, 5) is 12.9. The molecule has 4 rings (SSSR count). The predicted octanol–water partition coefficient (Wildman–Crippen LogP) is 2.08. The maximum Gasteiger partial charge on any atom is 0.335 e. The number of carbonyl (C=O) groups excluding carboxylic acids is 1. The fraction of sp³-hybridized carbons (Fsp3) is 0.792. The first kappa shape index (κ1) is 22.0. The molecule has 1 aliphatic heterocycles. The Kier molecular flexibility index (Phi) is 5.67. The average Bonchev–Trinajstić information content (AvgIpc) is 2.91. The third kappa shape index (κ3) is 3.02. The minimum atomic E-state index is -0.813. The van der Waals surface area contributed by atoms with Crippen LogP contribution in [-0.4, -0.2) is 58.9 Å². The molecule has 30 heavy (non-hydrogen) atoms. The maximum absolute atomic E-state index is 12.9. The lowest BCUT2D eigenvalue weighted by atomic mass is 9.55. The van der Waals surface area contributed by atoms with Crippen LogP contribution in [0.4, 0.5) is 0 Å². The number of esters is 1.